The van der Waals surface area contributed by atoms with Crippen molar-refractivity contribution in [3.63, 3.8) is 0 Å². The van der Waals surface area contributed by atoms with Crippen molar-refractivity contribution in [1.82, 2.24) is 4.90 Å². The lowest BCUT2D eigenvalue weighted by Crippen LogP contribution is -2.32. The second kappa shape index (κ2) is 14.3. The van der Waals surface area contributed by atoms with Crippen molar-refractivity contribution in [3.8, 4) is 11.5 Å². The van der Waals surface area contributed by atoms with Crippen molar-refractivity contribution >= 4 is 11.9 Å². The van der Waals surface area contributed by atoms with Gasteiger partial charge in [0.15, 0.2) is 0 Å². The van der Waals surface area contributed by atoms with Gasteiger partial charge in [0.05, 0.1) is 18.8 Å². The molecule has 2 aromatic rings. The van der Waals surface area contributed by atoms with E-state index in [4.69, 9.17) is 9.47 Å². The highest BCUT2D eigenvalue weighted by Gasteiger charge is 2.28. The molecular weight excluding hydrogens is 442 g/mol. The van der Waals surface area contributed by atoms with Crippen LogP contribution >= 0.6 is 0 Å². The summed E-state index contributed by atoms with van der Waals surface area (Å²) < 4.78 is 10.8. The number of rotatable bonds is 14. The monoisotopic (exact) mass is 479 g/mol. The van der Waals surface area contributed by atoms with Crippen LogP contribution in [0, 0.1) is 0 Å². The van der Waals surface area contributed by atoms with Crippen LogP contribution in [0.2, 0.25) is 0 Å². The quantitative estimate of drug-likeness (QED) is 0.222. The summed E-state index contributed by atoms with van der Waals surface area (Å²) in [5.41, 5.74) is 0.984. The van der Waals surface area contributed by atoms with Gasteiger partial charge >= 0.3 is 5.97 Å². The molecule has 6 heteroatoms. The van der Waals surface area contributed by atoms with E-state index in [-0.39, 0.29) is 17.9 Å². The van der Waals surface area contributed by atoms with E-state index in [1.165, 1.54) is 0 Å². The molecule has 2 atom stereocenters. The molecule has 0 spiro atoms. The van der Waals surface area contributed by atoms with Crippen LogP contribution in [0.4, 0.5) is 0 Å². The Hall–Kier alpha value is -3.12. The molecule has 1 N–H and O–H groups in total. The fraction of sp³-hybridized carbons (Fsp3) is 0.448. The first-order valence-electron chi connectivity index (χ1n) is 12.7. The van der Waals surface area contributed by atoms with E-state index in [1.54, 1.807) is 6.08 Å². The average molecular weight is 480 g/mol. The normalized spacial score (nSPS) is 16.6. The highest BCUT2D eigenvalue weighted by atomic mass is 16.5. The standard InChI is InChI=1S/C29H37NO5/c1-2-34-29(33)15-8-3-4-9-20-30-24(17-19-28(30)32)16-18-25(31)21-23-11-10-14-27(22-23)35-26-12-6-5-7-13-26/h5-7,10-14,16,18,22,24-25,31H,2-4,8-9,15,17,19-21H2,1H3/b18-16+. The van der Waals surface area contributed by atoms with E-state index < -0.39 is 6.10 Å². The number of carbonyl (C=O) groups excluding carboxylic acids is 2. The van der Waals surface area contributed by atoms with Crippen LogP contribution in [0.3, 0.4) is 0 Å². The van der Waals surface area contributed by atoms with Crippen molar-refractivity contribution in [2.75, 3.05) is 13.2 Å². The molecule has 1 fully saturated rings. The van der Waals surface area contributed by atoms with Crippen LogP contribution in [-0.4, -0.2) is 47.2 Å². The molecule has 0 saturated carbocycles. The predicted octanol–water partition coefficient (Wildman–Crippen LogP) is 5.44. The van der Waals surface area contributed by atoms with Crippen LogP contribution in [0.5, 0.6) is 11.5 Å². The van der Waals surface area contributed by atoms with Gasteiger partial charge in [0, 0.05) is 25.8 Å². The van der Waals surface area contributed by atoms with Gasteiger partial charge in [0.2, 0.25) is 5.91 Å². The number of benzene rings is 2. The molecule has 6 nitrogen and oxygen atoms in total. The van der Waals surface area contributed by atoms with Gasteiger partial charge in [-0.25, -0.2) is 0 Å². The molecule has 1 amide bonds. The van der Waals surface area contributed by atoms with Crippen molar-refractivity contribution < 1.29 is 24.2 Å². The Morgan fingerprint density at radius 3 is 2.66 bits per heavy atom. The molecule has 0 bridgehead atoms. The predicted molar refractivity (Wildman–Crippen MR) is 136 cm³/mol. The van der Waals surface area contributed by atoms with Crippen LogP contribution in [0.25, 0.3) is 0 Å². The Morgan fingerprint density at radius 1 is 1.09 bits per heavy atom. The van der Waals surface area contributed by atoms with Gasteiger partial charge in [-0.05, 0) is 56.0 Å². The van der Waals surface area contributed by atoms with E-state index in [2.05, 4.69) is 0 Å². The van der Waals surface area contributed by atoms with Gasteiger partial charge in [0.1, 0.15) is 11.5 Å². The fourth-order valence-electron chi connectivity index (χ4n) is 4.31. The lowest BCUT2D eigenvalue weighted by Gasteiger charge is -2.22. The number of para-hydroxylation sites is 1. The number of hydrogen-bond donors (Lipinski definition) is 1. The second-order valence-electron chi connectivity index (χ2n) is 8.88. The number of esters is 1. The lowest BCUT2D eigenvalue weighted by molar-refractivity contribution is -0.143. The van der Waals surface area contributed by atoms with E-state index in [0.29, 0.717) is 32.4 Å². The Bertz CT molecular complexity index is 959. The number of ether oxygens (including phenoxy) is 2. The van der Waals surface area contributed by atoms with Gasteiger partial charge in [0.25, 0.3) is 0 Å². The zero-order chi connectivity index (χ0) is 24.9. The van der Waals surface area contributed by atoms with Crippen LogP contribution in [0.1, 0.15) is 57.4 Å². The number of unbranched alkanes of at least 4 members (excludes halogenated alkanes) is 3. The Kier molecular flexibility index (Phi) is 10.8. The van der Waals surface area contributed by atoms with Crippen LogP contribution in [0.15, 0.2) is 66.7 Å². The van der Waals surface area contributed by atoms with Crippen molar-refractivity contribution in [2.24, 2.45) is 0 Å². The number of nitrogens with zero attached hydrogens (tertiary/aromatic N) is 1. The second-order valence-corrected chi connectivity index (χ2v) is 8.88. The van der Waals surface area contributed by atoms with Crippen LogP contribution < -0.4 is 4.74 Å². The molecule has 0 aliphatic carbocycles. The summed E-state index contributed by atoms with van der Waals surface area (Å²) in [5.74, 6) is 1.54. The smallest absolute Gasteiger partial charge is 0.305 e. The van der Waals surface area contributed by atoms with Gasteiger partial charge in [-0.2, -0.15) is 0 Å². The molecule has 2 unspecified atom stereocenters. The Morgan fingerprint density at radius 2 is 1.86 bits per heavy atom. The summed E-state index contributed by atoms with van der Waals surface area (Å²) in [6.07, 6.45) is 9.07. The van der Waals surface area contributed by atoms with E-state index in [1.807, 2.05) is 72.5 Å². The topological polar surface area (TPSA) is 76.1 Å². The maximum Gasteiger partial charge on any atom is 0.305 e. The number of aliphatic hydroxyl groups excluding tert-OH is 1. The summed E-state index contributed by atoms with van der Waals surface area (Å²) in [4.78, 5) is 25.7. The van der Waals surface area contributed by atoms with Crippen LogP contribution in [-0.2, 0) is 20.7 Å². The van der Waals surface area contributed by atoms with Crippen molar-refractivity contribution in [3.05, 3.63) is 72.3 Å². The maximum absolute atomic E-state index is 12.3. The SMILES string of the molecule is CCOC(=O)CCCCCCN1C(=O)CCC1/C=C/C(O)Cc1cccc(Oc2ccccc2)c1. The molecule has 35 heavy (non-hydrogen) atoms. The minimum Gasteiger partial charge on any atom is -0.466 e. The first kappa shape index (κ1) is 26.5. The first-order chi connectivity index (χ1) is 17.0. The largest absolute Gasteiger partial charge is 0.466 e. The van der Waals surface area contributed by atoms with Crippen molar-refractivity contribution in [1.29, 1.82) is 0 Å². The van der Waals surface area contributed by atoms with E-state index in [0.717, 1.165) is 49.2 Å². The third-order valence-electron chi connectivity index (χ3n) is 6.09. The van der Waals surface area contributed by atoms with Gasteiger partial charge in [-0.15, -0.1) is 0 Å². The summed E-state index contributed by atoms with van der Waals surface area (Å²) >= 11 is 0. The zero-order valence-electron chi connectivity index (χ0n) is 20.6. The number of amides is 1. The molecule has 3 rings (SSSR count). The minimum absolute atomic E-state index is 0.0319. The molecular formula is C29H37NO5. The number of hydrogen-bond acceptors (Lipinski definition) is 5. The highest BCUT2D eigenvalue weighted by molar-refractivity contribution is 5.79. The third-order valence-corrected chi connectivity index (χ3v) is 6.09. The zero-order valence-corrected chi connectivity index (χ0v) is 20.6. The summed E-state index contributed by atoms with van der Waals surface area (Å²) in [5, 5.41) is 10.6. The fourth-order valence-corrected chi connectivity index (χ4v) is 4.31. The molecule has 1 aliphatic rings. The lowest BCUT2D eigenvalue weighted by atomic mass is 10.1. The average Bonchev–Trinajstić information content (AvgIpc) is 3.20. The Labute approximate surface area is 208 Å². The molecule has 1 aliphatic heterocycles. The maximum atomic E-state index is 12.3. The number of likely N-dealkylation sites (tertiary alicyclic amines) is 1. The van der Waals surface area contributed by atoms with Gasteiger partial charge in [-0.1, -0.05) is 55.3 Å². The van der Waals surface area contributed by atoms with Crippen molar-refractivity contribution in [2.45, 2.75) is 70.4 Å². The Balaban J connectivity index is 1.43. The van der Waals surface area contributed by atoms with E-state index >= 15 is 0 Å². The molecule has 0 aromatic heterocycles. The highest BCUT2D eigenvalue weighted by Crippen LogP contribution is 2.24. The van der Waals surface area contributed by atoms with E-state index in [9.17, 15) is 14.7 Å². The molecule has 1 heterocycles. The third kappa shape index (κ3) is 9.21. The first-order valence-corrected chi connectivity index (χ1v) is 12.7. The minimum atomic E-state index is -0.637. The number of aliphatic hydroxyl groups is 1. The molecule has 2 aromatic carbocycles. The summed E-state index contributed by atoms with van der Waals surface area (Å²) in [6, 6.07) is 17.4. The van der Waals surface area contributed by atoms with Gasteiger partial charge < -0.3 is 19.5 Å². The summed E-state index contributed by atoms with van der Waals surface area (Å²) in [6.45, 7) is 2.95. The molecule has 0 radical (unpaired) electrons. The number of carbonyl (C=O) groups is 2. The molecule has 1 saturated heterocycles. The summed E-state index contributed by atoms with van der Waals surface area (Å²) in [7, 11) is 0. The molecule has 188 valence electrons. The van der Waals surface area contributed by atoms with Gasteiger partial charge in [-0.3, -0.25) is 9.59 Å².